The lowest BCUT2D eigenvalue weighted by Gasteiger charge is -2.12. The molecule has 0 bridgehead atoms. The third kappa shape index (κ3) is 4.28. The summed E-state index contributed by atoms with van der Waals surface area (Å²) in [6.07, 6.45) is 0. The van der Waals surface area contributed by atoms with Crippen molar-refractivity contribution >= 4 is 39.4 Å². The van der Waals surface area contributed by atoms with Crippen molar-refractivity contribution in [3.8, 4) is 5.69 Å². The van der Waals surface area contributed by atoms with Crippen LogP contribution in [0.2, 0.25) is 0 Å². The first-order valence-electron chi connectivity index (χ1n) is 7.86. The van der Waals surface area contributed by atoms with E-state index in [0.717, 1.165) is 16.8 Å². The Hall–Kier alpha value is -2.26. The zero-order valence-electron chi connectivity index (χ0n) is 14.5. The molecule has 134 valence electrons. The molecule has 1 aromatic carbocycles. The highest BCUT2D eigenvalue weighted by Crippen LogP contribution is 2.24. The van der Waals surface area contributed by atoms with Gasteiger partial charge in [0.15, 0.2) is 0 Å². The molecule has 2 aromatic heterocycles. The van der Waals surface area contributed by atoms with Gasteiger partial charge in [-0.05, 0) is 70.4 Å². The van der Waals surface area contributed by atoms with Crippen LogP contribution in [0.4, 0.5) is 5.82 Å². The van der Waals surface area contributed by atoms with Crippen LogP contribution in [0.3, 0.4) is 0 Å². The number of aromatic nitrogens is 5. The smallest absolute Gasteiger partial charge is 0.236 e. The fraction of sp³-hybridized carbons (Fsp3) is 0.235. The molecule has 3 rings (SSSR count). The summed E-state index contributed by atoms with van der Waals surface area (Å²) < 4.78 is 2.34. The van der Waals surface area contributed by atoms with E-state index in [4.69, 9.17) is 0 Å². The number of aryl methyl sites for hydroxylation is 3. The predicted molar refractivity (Wildman–Crippen MR) is 105 cm³/mol. The standard InChI is InChI=1S/C17H17BrN6OS/c1-10-7-11(2)16(12(3)8-10)24-17(21-22-23-24)26-9-15(25)20-14-6-4-5-13(18)19-14/h4-8H,9H2,1-3H3,(H,19,20,25). The number of rotatable bonds is 5. The Balaban J connectivity index is 1.73. The van der Waals surface area contributed by atoms with E-state index in [1.165, 1.54) is 17.3 Å². The molecule has 0 saturated carbocycles. The second-order valence-corrected chi connectivity index (χ2v) is 7.56. The van der Waals surface area contributed by atoms with Crippen LogP contribution in [0.25, 0.3) is 5.69 Å². The van der Waals surface area contributed by atoms with Gasteiger partial charge in [0, 0.05) is 0 Å². The van der Waals surface area contributed by atoms with Crippen LogP contribution in [-0.2, 0) is 4.79 Å². The lowest BCUT2D eigenvalue weighted by molar-refractivity contribution is -0.113. The highest BCUT2D eigenvalue weighted by atomic mass is 79.9. The molecule has 0 radical (unpaired) electrons. The first kappa shape index (κ1) is 18.5. The molecule has 0 aliphatic rings. The lowest BCUT2D eigenvalue weighted by atomic mass is 10.1. The van der Waals surface area contributed by atoms with Gasteiger partial charge >= 0.3 is 0 Å². The zero-order valence-corrected chi connectivity index (χ0v) is 16.9. The van der Waals surface area contributed by atoms with Gasteiger partial charge in [0.1, 0.15) is 10.4 Å². The number of carbonyl (C=O) groups is 1. The van der Waals surface area contributed by atoms with E-state index in [2.05, 4.69) is 60.8 Å². The number of tetrazole rings is 1. The van der Waals surface area contributed by atoms with E-state index in [0.29, 0.717) is 15.6 Å². The molecule has 0 aliphatic carbocycles. The maximum Gasteiger partial charge on any atom is 0.236 e. The third-order valence-electron chi connectivity index (χ3n) is 3.60. The van der Waals surface area contributed by atoms with Gasteiger partial charge < -0.3 is 5.32 Å². The van der Waals surface area contributed by atoms with Gasteiger partial charge in [0.05, 0.1) is 11.4 Å². The zero-order chi connectivity index (χ0) is 18.7. The molecule has 0 fully saturated rings. The Morgan fingerprint density at radius 3 is 2.65 bits per heavy atom. The summed E-state index contributed by atoms with van der Waals surface area (Å²) in [7, 11) is 0. The summed E-state index contributed by atoms with van der Waals surface area (Å²) >= 11 is 4.56. The number of halogens is 1. The number of nitrogens with one attached hydrogen (secondary N) is 1. The van der Waals surface area contributed by atoms with E-state index >= 15 is 0 Å². The summed E-state index contributed by atoms with van der Waals surface area (Å²) in [5, 5.41) is 15.2. The van der Waals surface area contributed by atoms with Crippen LogP contribution >= 0.6 is 27.7 Å². The van der Waals surface area contributed by atoms with Gasteiger partial charge in [0.25, 0.3) is 0 Å². The van der Waals surface area contributed by atoms with Gasteiger partial charge in [-0.15, -0.1) is 5.10 Å². The maximum atomic E-state index is 12.2. The average Bonchev–Trinajstić information content (AvgIpc) is 3.00. The Morgan fingerprint density at radius 1 is 1.23 bits per heavy atom. The predicted octanol–water partition coefficient (Wildman–Crippen LogP) is 3.48. The Kier molecular flexibility index (Phi) is 5.67. The number of amides is 1. The van der Waals surface area contributed by atoms with E-state index in [9.17, 15) is 4.79 Å². The summed E-state index contributed by atoms with van der Waals surface area (Å²) in [5.74, 6) is 0.501. The summed E-state index contributed by atoms with van der Waals surface area (Å²) in [5.41, 5.74) is 4.29. The number of hydrogen-bond donors (Lipinski definition) is 1. The minimum atomic E-state index is -0.174. The van der Waals surface area contributed by atoms with Crippen LogP contribution in [0.1, 0.15) is 16.7 Å². The molecule has 7 nitrogen and oxygen atoms in total. The molecule has 0 aliphatic heterocycles. The highest BCUT2D eigenvalue weighted by molar-refractivity contribution is 9.10. The van der Waals surface area contributed by atoms with Crippen molar-refractivity contribution in [2.75, 3.05) is 11.1 Å². The van der Waals surface area contributed by atoms with E-state index in [-0.39, 0.29) is 11.7 Å². The SMILES string of the molecule is Cc1cc(C)c(-n2nnnc2SCC(=O)Nc2cccc(Br)n2)c(C)c1. The van der Waals surface area contributed by atoms with Gasteiger partial charge in [-0.2, -0.15) is 4.68 Å². The van der Waals surface area contributed by atoms with Gasteiger partial charge in [-0.3, -0.25) is 4.79 Å². The molecule has 0 spiro atoms. The molecular weight excluding hydrogens is 416 g/mol. The lowest BCUT2D eigenvalue weighted by Crippen LogP contribution is -2.15. The number of hydrogen-bond acceptors (Lipinski definition) is 6. The quantitative estimate of drug-likeness (QED) is 0.490. The number of pyridine rings is 1. The summed E-state index contributed by atoms with van der Waals surface area (Å²) in [6, 6.07) is 9.51. The van der Waals surface area contributed by atoms with Crippen molar-refractivity contribution in [2.45, 2.75) is 25.9 Å². The number of anilines is 1. The van der Waals surface area contributed by atoms with E-state index in [1.54, 1.807) is 16.8 Å². The third-order valence-corrected chi connectivity index (χ3v) is 4.96. The van der Waals surface area contributed by atoms with Gasteiger partial charge in [-0.25, -0.2) is 4.98 Å². The second kappa shape index (κ2) is 7.96. The average molecular weight is 433 g/mol. The monoisotopic (exact) mass is 432 g/mol. The van der Waals surface area contributed by atoms with Crippen molar-refractivity contribution in [1.82, 2.24) is 25.2 Å². The van der Waals surface area contributed by atoms with Crippen LogP contribution in [0, 0.1) is 20.8 Å². The Bertz CT molecular complexity index is 935. The molecule has 3 aromatic rings. The van der Waals surface area contributed by atoms with Crippen LogP contribution in [0.5, 0.6) is 0 Å². The molecule has 0 unspecified atom stereocenters. The molecule has 0 saturated heterocycles. The molecule has 1 amide bonds. The fourth-order valence-corrected chi connectivity index (χ4v) is 3.72. The van der Waals surface area contributed by atoms with Crippen molar-refractivity contribution in [2.24, 2.45) is 0 Å². The number of thioether (sulfide) groups is 1. The summed E-state index contributed by atoms with van der Waals surface area (Å²) in [4.78, 5) is 16.4. The number of nitrogens with zero attached hydrogens (tertiary/aromatic N) is 5. The highest BCUT2D eigenvalue weighted by Gasteiger charge is 2.15. The van der Waals surface area contributed by atoms with E-state index < -0.39 is 0 Å². The Labute approximate surface area is 163 Å². The number of carbonyl (C=O) groups excluding carboxylic acids is 1. The molecule has 0 atom stereocenters. The van der Waals surface area contributed by atoms with Crippen molar-refractivity contribution in [3.05, 3.63) is 51.6 Å². The minimum Gasteiger partial charge on any atom is -0.310 e. The van der Waals surface area contributed by atoms with Crippen molar-refractivity contribution in [3.63, 3.8) is 0 Å². The molecule has 9 heteroatoms. The van der Waals surface area contributed by atoms with Crippen molar-refractivity contribution in [1.29, 1.82) is 0 Å². The van der Waals surface area contributed by atoms with Crippen molar-refractivity contribution < 1.29 is 4.79 Å². The molecule has 1 N–H and O–H groups in total. The summed E-state index contributed by atoms with van der Waals surface area (Å²) in [6.45, 7) is 6.10. The fourth-order valence-electron chi connectivity index (χ4n) is 2.70. The Morgan fingerprint density at radius 2 is 1.96 bits per heavy atom. The van der Waals surface area contributed by atoms with Gasteiger partial charge in [0.2, 0.25) is 11.1 Å². The molecule has 26 heavy (non-hydrogen) atoms. The maximum absolute atomic E-state index is 12.2. The van der Waals surface area contributed by atoms with Crippen LogP contribution in [0.15, 0.2) is 40.1 Å². The first-order valence-corrected chi connectivity index (χ1v) is 9.63. The largest absolute Gasteiger partial charge is 0.310 e. The minimum absolute atomic E-state index is 0.174. The molecule has 2 heterocycles. The number of benzene rings is 1. The molecular formula is C17H17BrN6OS. The van der Waals surface area contributed by atoms with Gasteiger partial charge in [-0.1, -0.05) is 35.5 Å². The topological polar surface area (TPSA) is 85.6 Å². The normalized spacial score (nSPS) is 10.8. The van der Waals surface area contributed by atoms with Crippen LogP contribution < -0.4 is 5.32 Å². The first-order chi connectivity index (χ1) is 12.4. The van der Waals surface area contributed by atoms with Crippen LogP contribution in [-0.4, -0.2) is 36.9 Å². The van der Waals surface area contributed by atoms with E-state index in [1.807, 2.05) is 19.9 Å². The second-order valence-electron chi connectivity index (χ2n) is 5.80.